The molecule has 0 aromatic carbocycles. The molecule has 6 aromatic rings. The third-order valence-electron chi connectivity index (χ3n) is 10.5. The van der Waals surface area contributed by atoms with Crippen LogP contribution in [0.4, 0.5) is 70.2 Å². The Morgan fingerprint density at radius 3 is 1.47 bits per heavy atom. The lowest BCUT2D eigenvalue weighted by atomic mass is 9.82. The second-order valence-electron chi connectivity index (χ2n) is 16.5. The molecule has 14 nitrogen and oxygen atoms in total. The summed E-state index contributed by atoms with van der Waals surface area (Å²) < 4.78 is 228. The van der Waals surface area contributed by atoms with Crippen LogP contribution in [0.15, 0.2) is 75.5 Å². The van der Waals surface area contributed by atoms with Gasteiger partial charge in [-0.3, -0.25) is 27.8 Å². The minimum absolute atomic E-state index is 0.0374. The molecule has 32 heteroatoms. The molecule has 1 saturated heterocycles. The van der Waals surface area contributed by atoms with Crippen LogP contribution in [0.2, 0.25) is 0 Å². The number of aromatic nitrogens is 8. The highest BCUT2D eigenvalue weighted by Gasteiger charge is 2.59. The van der Waals surface area contributed by atoms with E-state index < -0.39 is 106 Å². The molecule has 0 radical (unpaired) electrons. The van der Waals surface area contributed by atoms with Crippen molar-refractivity contribution in [3.63, 3.8) is 0 Å². The molecule has 0 saturated carbocycles. The van der Waals surface area contributed by atoms with Crippen molar-refractivity contribution in [2.24, 2.45) is 0 Å². The molecule has 0 aliphatic carbocycles. The Balaban J connectivity index is 0.000000208. The van der Waals surface area contributed by atoms with Gasteiger partial charge in [-0.1, -0.05) is 0 Å². The van der Waals surface area contributed by atoms with Crippen molar-refractivity contribution in [1.82, 2.24) is 38.3 Å². The highest BCUT2D eigenvalue weighted by Crippen LogP contribution is 2.40. The average molecular weight is 1120 g/mol. The number of pyridine rings is 2. The number of nitrogens with zero attached hydrogens (tertiary/aromatic N) is 8. The second kappa shape index (κ2) is 20.4. The summed E-state index contributed by atoms with van der Waals surface area (Å²) in [5.41, 5.74) is -6.89. The van der Waals surface area contributed by atoms with Crippen molar-refractivity contribution in [2.75, 3.05) is 14.2 Å². The summed E-state index contributed by atoms with van der Waals surface area (Å²) in [4.78, 5) is 31.5. The van der Waals surface area contributed by atoms with E-state index in [9.17, 15) is 79.8 Å². The average Bonchev–Trinajstić information content (AvgIpc) is 3.95. The molecule has 0 unspecified atom stereocenters. The zero-order valence-corrected chi connectivity index (χ0v) is 39.2. The number of halogens is 17. The van der Waals surface area contributed by atoms with Crippen LogP contribution in [0.1, 0.15) is 50.2 Å². The van der Waals surface area contributed by atoms with Gasteiger partial charge in [-0.05, 0) is 79.0 Å². The fourth-order valence-electron chi connectivity index (χ4n) is 6.24. The summed E-state index contributed by atoms with van der Waals surface area (Å²) in [7, 11) is 1.96. The summed E-state index contributed by atoms with van der Waals surface area (Å²) in [5.74, 6) is -10.0. The predicted octanol–water partition coefficient (Wildman–Crippen LogP) is 8.92. The van der Waals surface area contributed by atoms with Crippen molar-refractivity contribution < 1.29 is 89.0 Å². The van der Waals surface area contributed by atoms with Gasteiger partial charge in [0.25, 0.3) is 11.1 Å². The summed E-state index contributed by atoms with van der Waals surface area (Å²) in [6, 6.07) is 5.55. The third-order valence-corrected chi connectivity index (χ3v) is 11.3. The summed E-state index contributed by atoms with van der Waals surface area (Å²) in [5, 5.41) is 6.78. The van der Waals surface area contributed by atoms with Crippen LogP contribution < -0.4 is 16.6 Å². The van der Waals surface area contributed by atoms with Crippen molar-refractivity contribution in [2.45, 2.75) is 102 Å². The Labute approximate surface area is 402 Å². The maximum Gasteiger partial charge on any atom is 0.498 e. The molecule has 72 heavy (non-hydrogen) atoms. The first-order chi connectivity index (χ1) is 32.8. The lowest BCUT2D eigenvalue weighted by Gasteiger charge is -2.32. The van der Waals surface area contributed by atoms with Crippen LogP contribution in [-0.4, -0.2) is 95.1 Å². The molecule has 1 aliphatic heterocycles. The molecule has 394 valence electrons. The number of methoxy groups -OCH3 is 2. The van der Waals surface area contributed by atoms with Gasteiger partial charge in [0.15, 0.2) is 11.4 Å². The molecule has 0 N–H and O–H groups in total. The summed E-state index contributed by atoms with van der Waals surface area (Å²) in [6.07, 6.45) is -15.5. The van der Waals surface area contributed by atoms with Gasteiger partial charge in [-0.15, -0.1) is 0 Å². The lowest BCUT2D eigenvalue weighted by molar-refractivity contribution is -0.287. The first-order valence-electron chi connectivity index (χ1n) is 20.0. The van der Waals surface area contributed by atoms with Crippen LogP contribution >= 0.6 is 15.9 Å². The van der Waals surface area contributed by atoms with Crippen molar-refractivity contribution in [1.29, 1.82) is 0 Å². The largest absolute Gasteiger partial charge is 0.498 e. The van der Waals surface area contributed by atoms with Crippen LogP contribution in [-0.2, 0) is 57.4 Å². The quantitative estimate of drug-likeness (QED) is 0.0965. The number of fused-ring (bicyclic) bond motifs is 2. The highest BCUT2D eigenvalue weighted by atomic mass is 79.9. The van der Waals surface area contributed by atoms with E-state index in [1.54, 1.807) is 33.8 Å². The second-order valence-corrected chi connectivity index (χ2v) is 17.3. The van der Waals surface area contributed by atoms with E-state index in [4.69, 9.17) is 18.8 Å². The number of hydrogen-bond acceptors (Lipinski definition) is 10. The van der Waals surface area contributed by atoms with Crippen molar-refractivity contribution >= 4 is 39.8 Å². The summed E-state index contributed by atoms with van der Waals surface area (Å²) in [6.45, 7) is 3.91. The molecule has 1 aliphatic rings. The maximum absolute atomic E-state index is 13.6. The number of ether oxygens (including phenoxy) is 2. The maximum atomic E-state index is 13.6. The monoisotopic (exact) mass is 1120 g/mol. The minimum atomic E-state index is -5.89. The van der Waals surface area contributed by atoms with E-state index in [0.29, 0.717) is 28.2 Å². The lowest BCUT2D eigenvalue weighted by Crippen LogP contribution is -2.41. The molecule has 7 rings (SSSR count). The van der Waals surface area contributed by atoms with Crippen molar-refractivity contribution in [3.8, 4) is 11.1 Å². The molecule has 1 fully saturated rings. The third kappa shape index (κ3) is 12.6. The Morgan fingerprint density at radius 1 is 0.625 bits per heavy atom. The number of hydrogen-bond donors (Lipinski definition) is 0. The topological polar surface area (TPSA) is 141 Å². The van der Waals surface area contributed by atoms with Gasteiger partial charge in [0, 0.05) is 56.2 Å². The first kappa shape index (κ1) is 57.3. The Hall–Kier alpha value is -5.60. The van der Waals surface area contributed by atoms with Gasteiger partial charge < -0.3 is 18.8 Å². The van der Waals surface area contributed by atoms with Gasteiger partial charge in [-0.2, -0.15) is 80.4 Å². The van der Waals surface area contributed by atoms with Crippen LogP contribution in [0.5, 0.6) is 0 Å². The Morgan fingerprint density at radius 2 is 1.04 bits per heavy atom. The van der Waals surface area contributed by atoms with Crippen LogP contribution in [0.25, 0.3) is 22.4 Å². The zero-order chi connectivity index (χ0) is 54.4. The van der Waals surface area contributed by atoms with Gasteiger partial charge >= 0.3 is 43.7 Å². The van der Waals surface area contributed by atoms with E-state index in [1.807, 2.05) is 0 Å². The fourth-order valence-corrected chi connectivity index (χ4v) is 6.74. The van der Waals surface area contributed by atoms with Gasteiger partial charge in [-0.25, -0.2) is 9.97 Å². The van der Waals surface area contributed by atoms with Crippen LogP contribution in [0.3, 0.4) is 0 Å². The van der Waals surface area contributed by atoms with E-state index in [1.165, 1.54) is 38.6 Å². The Bertz CT molecular complexity index is 3000. The van der Waals surface area contributed by atoms with E-state index in [0.717, 1.165) is 27.4 Å². The van der Waals surface area contributed by atoms with Gasteiger partial charge in [0.2, 0.25) is 0 Å². The standard InChI is InChI=1S/C17H12F8N4O2.C12H16BF5N2O2.C11H8BrF3N2O2/c1-31-7-9-2-3-29-11(4-9)27-13(16(20,21)22)12(14(29)30)10-5-26-28(6-10)8-15(18,19)17(23,24)25;1-9(2)10(3,4)22-13(21-9)8-5-19-20(6-8)7-11(14,15)12(16,17)18;1-19-5-6-2-3-17-7(4-6)16-9(11(13,14)15)8(12)10(17)18/h2-6H,7-8H2,1H3;5-6H,7H2,1-4H3;2-4H,5H2,1H3. The Kier molecular flexibility index (Phi) is 16.2. The normalized spacial score (nSPS) is 15.4. The van der Waals surface area contributed by atoms with E-state index >= 15 is 0 Å². The fraction of sp³-hybridized carbons (Fsp3) is 0.450. The number of rotatable bonds is 10. The van der Waals surface area contributed by atoms with E-state index in [-0.39, 0.29) is 34.7 Å². The minimum Gasteiger partial charge on any atom is -0.399 e. The summed E-state index contributed by atoms with van der Waals surface area (Å²) >= 11 is 2.65. The molecular weight excluding hydrogens is 1080 g/mol. The molecule has 0 amide bonds. The molecule has 7 heterocycles. The first-order valence-corrected chi connectivity index (χ1v) is 20.8. The molecule has 0 bridgehead atoms. The molecule has 0 spiro atoms. The smallest absolute Gasteiger partial charge is 0.399 e. The SMILES string of the molecule is CC1(C)OB(c2cnn(CC(F)(F)C(F)(F)F)c2)OC1(C)C.COCc1ccn2c(=O)c(-c3cnn(CC(F)(F)C(F)(F)F)c3)c(C(F)(F)F)nc2c1.COCc1ccn2c(=O)c(Br)c(C(F)(F)F)nc2c1. The van der Waals surface area contributed by atoms with Gasteiger partial charge in [0.1, 0.15) is 28.9 Å². The predicted molar refractivity (Wildman–Crippen MR) is 223 cm³/mol. The highest BCUT2D eigenvalue weighted by molar-refractivity contribution is 9.10. The van der Waals surface area contributed by atoms with Crippen molar-refractivity contribution in [3.05, 3.63) is 109 Å². The van der Waals surface area contributed by atoms with Gasteiger partial charge in [0.05, 0.1) is 36.2 Å². The number of alkyl halides is 16. The van der Waals surface area contributed by atoms with E-state index in [2.05, 4.69) is 36.1 Å². The van der Waals surface area contributed by atoms with Crippen LogP contribution in [0, 0.1) is 0 Å². The molecular formula is C40H36BBrF16N8O6. The zero-order valence-electron chi connectivity index (χ0n) is 37.6. The molecule has 6 aromatic heterocycles. The molecule has 0 atom stereocenters.